The van der Waals surface area contributed by atoms with E-state index in [2.05, 4.69) is 5.16 Å². The Morgan fingerprint density at radius 3 is 2.72 bits per heavy atom. The number of carbonyl (C=O) groups is 1. The maximum absolute atomic E-state index is 13.0. The minimum absolute atomic E-state index is 0.143. The highest BCUT2D eigenvalue weighted by molar-refractivity contribution is 7.91. The lowest BCUT2D eigenvalue weighted by atomic mass is 10.1. The lowest BCUT2D eigenvalue weighted by Gasteiger charge is -2.38. The molecule has 2 aromatic heterocycles. The Morgan fingerprint density at radius 1 is 1.32 bits per heavy atom. The lowest BCUT2D eigenvalue weighted by Crippen LogP contribution is -2.57. The van der Waals surface area contributed by atoms with Gasteiger partial charge in [-0.05, 0) is 25.0 Å². The maximum Gasteiger partial charge on any atom is 0.253 e. The summed E-state index contributed by atoms with van der Waals surface area (Å²) in [6.45, 7) is 7.09. The van der Waals surface area contributed by atoms with Gasteiger partial charge in [-0.1, -0.05) is 19.0 Å². The number of piperazine rings is 1. The van der Waals surface area contributed by atoms with Crippen LogP contribution in [0.15, 0.2) is 33.1 Å². The first-order valence-electron chi connectivity index (χ1n) is 8.12. The first-order valence-corrected chi connectivity index (χ1v) is 10.4. The van der Waals surface area contributed by atoms with Crippen LogP contribution >= 0.6 is 11.3 Å². The maximum atomic E-state index is 13.0. The third-order valence-electron chi connectivity index (χ3n) is 4.10. The van der Waals surface area contributed by atoms with Crippen LogP contribution in [0, 0.1) is 5.92 Å². The number of amides is 1. The van der Waals surface area contributed by atoms with Gasteiger partial charge < -0.3 is 9.42 Å². The van der Waals surface area contributed by atoms with Gasteiger partial charge in [0.25, 0.3) is 10.0 Å². The van der Waals surface area contributed by atoms with Crippen molar-refractivity contribution in [3.05, 3.63) is 24.4 Å². The fraction of sp³-hybridized carbons (Fsp3) is 0.500. The molecule has 1 aliphatic heterocycles. The number of aromatic nitrogens is 1. The van der Waals surface area contributed by atoms with Crippen LogP contribution in [-0.2, 0) is 14.8 Å². The van der Waals surface area contributed by atoms with E-state index >= 15 is 0 Å². The van der Waals surface area contributed by atoms with Crippen LogP contribution in [0.4, 0.5) is 0 Å². The SMILES string of the molecule is CC(C)CN1CCN(S(=O)(=O)c2ccc(-c3ccno3)s2)[C@H](C)C1=O. The molecule has 1 atom stereocenters. The molecule has 0 spiro atoms. The van der Waals surface area contributed by atoms with Gasteiger partial charge in [-0.3, -0.25) is 4.79 Å². The molecule has 0 saturated carbocycles. The van der Waals surface area contributed by atoms with Gasteiger partial charge in [-0.2, -0.15) is 4.31 Å². The molecule has 25 heavy (non-hydrogen) atoms. The Hall–Kier alpha value is -1.71. The van der Waals surface area contributed by atoms with Crippen LogP contribution in [0.2, 0.25) is 0 Å². The van der Waals surface area contributed by atoms with Crippen molar-refractivity contribution >= 4 is 27.3 Å². The summed E-state index contributed by atoms with van der Waals surface area (Å²) in [6, 6.07) is 4.22. The van der Waals surface area contributed by atoms with E-state index in [-0.39, 0.29) is 10.1 Å². The number of hydrogen-bond donors (Lipinski definition) is 0. The fourth-order valence-electron chi connectivity index (χ4n) is 2.91. The molecule has 3 rings (SSSR count). The van der Waals surface area contributed by atoms with E-state index in [1.165, 1.54) is 10.5 Å². The minimum atomic E-state index is -3.72. The lowest BCUT2D eigenvalue weighted by molar-refractivity contribution is -0.138. The normalized spacial score (nSPS) is 19.8. The minimum Gasteiger partial charge on any atom is -0.355 e. The molecule has 0 radical (unpaired) electrons. The zero-order chi connectivity index (χ0) is 18.2. The highest BCUT2D eigenvalue weighted by atomic mass is 32.2. The molecule has 0 N–H and O–H groups in total. The Labute approximate surface area is 151 Å². The number of nitrogens with zero attached hydrogens (tertiary/aromatic N) is 3. The first kappa shape index (κ1) is 18.1. The van der Waals surface area contributed by atoms with Gasteiger partial charge in [0.2, 0.25) is 5.91 Å². The predicted molar refractivity (Wildman–Crippen MR) is 94.6 cm³/mol. The Balaban J connectivity index is 1.82. The van der Waals surface area contributed by atoms with Crippen LogP contribution in [-0.4, -0.2) is 54.4 Å². The molecule has 0 unspecified atom stereocenters. The molecule has 2 aromatic rings. The standard InChI is InChI=1S/C16H21N3O4S2/c1-11(2)10-18-8-9-19(12(3)16(18)20)25(21,22)15-5-4-14(24-15)13-6-7-17-23-13/h4-7,11-12H,8-10H2,1-3H3/t12-/m1/s1. The Bertz CT molecular complexity index is 843. The van der Waals surface area contributed by atoms with Crippen molar-refractivity contribution in [1.29, 1.82) is 0 Å². The van der Waals surface area contributed by atoms with Gasteiger partial charge >= 0.3 is 0 Å². The van der Waals surface area contributed by atoms with Gasteiger partial charge in [0.15, 0.2) is 5.76 Å². The summed E-state index contributed by atoms with van der Waals surface area (Å²) in [6.07, 6.45) is 1.51. The molecular weight excluding hydrogens is 362 g/mol. The number of sulfonamides is 1. The van der Waals surface area contributed by atoms with Crippen LogP contribution in [0.5, 0.6) is 0 Å². The van der Waals surface area contributed by atoms with Crippen molar-refractivity contribution in [3.8, 4) is 10.6 Å². The molecule has 9 heteroatoms. The topological polar surface area (TPSA) is 83.7 Å². The third-order valence-corrected chi connectivity index (χ3v) is 7.64. The molecule has 0 aromatic carbocycles. The highest BCUT2D eigenvalue weighted by Crippen LogP contribution is 2.33. The molecule has 1 saturated heterocycles. The highest BCUT2D eigenvalue weighted by Gasteiger charge is 2.39. The monoisotopic (exact) mass is 383 g/mol. The summed E-state index contributed by atoms with van der Waals surface area (Å²) in [5.74, 6) is 0.730. The summed E-state index contributed by atoms with van der Waals surface area (Å²) in [7, 11) is -3.72. The van der Waals surface area contributed by atoms with Crippen LogP contribution < -0.4 is 0 Å². The van der Waals surface area contributed by atoms with Gasteiger partial charge in [-0.15, -0.1) is 11.3 Å². The second-order valence-electron chi connectivity index (χ2n) is 6.47. The molecule has 0 bridgehead atoms. The number of rotatable bonds is 5. The fourth-order valence-corrected chi connectivity index (χ4v) is 5.88. The molecule has 7 nitrogen and oxygen atoms in total. The van der Waals surface area contributed by atoms with E-state index in [0.29, 0.717) is 36.2 Å². The largest absolute Gasteiger partial charge is 0.355 e. The van der Waals surface area contributed by atoms with Crippen molar-refractivity contribution in [2.75, 3.05) is 19.6 Å². The molecule has 136 valence electrons. The van der Waals surface area contributed by atoms with E-state index < -0.39 is 16.1 Å². The van der Waals surface area contributed by atoms with Gasteiger partial charge in [0.1, 0.15) is 10.3 Å². The van der Waals surface area contributed by atoms with Crippen molar-refractivity contribution in [2.24, 2.45) is 5.92 Å². The van der Waals surface area contributed by atoms with Gasteiger partial charge in [0.05, 0.1) is 11.1 Å². The Morgan fingerprint density at radius 2 is 2.08 bits per heavy atom. The molecular formula is C16H21N3O4S2. The van der Waals surface area contributed by atoms with Gasteiger partial charge in [0, 0.05) is 25.7 Å². The summed E-state index contributed by atoms with van der Waals surface area (Å²) >= 11 is 1.12. The zero-order valence-corrected chi connectivity index (χ0v) is 16.0. The van der Waals surface area contributed by atoms with Crippen molar-refractivity contribution in [3.63, 3.8) is 0 Å². The average molecular weight is 383 g/mol. The molecule has 1 aliphatic rings. The van der Waals surface area contributed by atoms with Crippen molar-refractivity contribution < 1.29 is 17.7 Å². The quantitative estimate of drug-likeness (QED) is 0.791. The average Bonchev–Trinajstić information content (AvgIpc) is 3.21. The van der Waals surface area contributed by atoms with E-state index in [0.717, 1.165) is 11.3 Å². The molecule has 3 heterocycles. The summed E-state index contributed by atoms with van der Waals surface area (Å²) in [5.41, 5.74) is 0. The summed E-state index contributed by atoms with van der Waals surface area (Å²) in [5, 5.41) is 3.64. The molecule has 0 aliphatic carbocycles. The second kappa shape index (κ2) is 6.89. The van der Waals surface area contributed by atoms with Crippen LogP contribution in [0.3, 0.4) is 0 Å². The summed E-state index contributed by atoms with van der Waals surface area (Å²) in [4.78, 5) is 15.0. The zero-order valence-electron chi connectivity index (χ0n) is 14.4. The number of thiophene rings is 1. The smallest absolute Gasteiger partial charge is 0.253 e. The predicted octanol–water partition coefficient (Wildman–Crippen LogP) is 2.28. The summed E-state index contributed by atoms with van der Waals surface area (Å²) < 4.78 is 32.5. The van der Waals surface area contributed by atoms with E-state index in [4.69, 9.17) is 4.52 Å². The number of carbonyl (C=O) groups excluding carboxylic acids is 1. The molecule has 1 fully saturated rings. The first-order chi connectivity index (χ1) is 11.8. The third kappa shape index (κ3) is 3.49. The van der Waals surface area contributed by atoms with E-state index in [1.807, 2.05) is 13.8 Å². The van der Waals surface area contributed by atoms with Crippen molar-refractivity contribution in [2.45, 2.75) is 31.0 Å². The van der Waals surface area contributed by atoms with Gasteiger partial charge in [-0.25, -0.2) is 8.42 Å². The molecule has 1 amide bonds. The second-order valence-corrected chi connectivity index (χ2v) is 9.67. The number of hydrogen-bond acceptors (Lipinski definition) is 6. The van der Waals surface area contributed by atoms with Crippen LogP contribution in [0.1, 0.15) is 20.8 Å². The van der Waals surface area contributed by atoms with E-state index in [9.17, 15) is 13.2 Å². The van der Waals surface area contributed by atoms with Crippen LogP contribution in [0.25, 0.3) is 10.6 Å². The Kier molecular flexibility index (Phi) is 4.99. The van der Waals surface area contributed by atoms with E-state index in [1.54, 1.807) is 30.0 Å². The van der Waals surface area contributed by atoms with Crippen molar-refractivity contribution in [1.82, 2.24) is 14.4 Å².